The molecule has 0 aliphatic heterocycles. The van der Waals surface area contributed by atoms with Crippen molar-refractivity contribution in [2.45, 2.75) is 56.4 Å². The first-order valence-electron chi connectivity index (χ1n) is 6.64. The number of nitrogens with two attached hydrogens (primary N) is 1. The molecule has 0 spiro atoms. The maximum Gasteiger partial charge on any atom is 0.0196 e. The summed E-state index contributed by atoms with van der Waals surface area (Å²) in [7, 11) is 0. The van der Waals surface area contributed by atoms with Crippen molar-refractivity contribution in [1.82, 2.24) is 0 Å². The van der Waals surface area contributed by atoms with Gasteiger partial charge >= 0.3 is 0 Å². The lowest BCUT2D eigenvalue weighted by Gasteiger charge is -2.17. The molecule has 2 aliphatic rings. The van der Waals surface area contributed by atoms with Gasteiger partial charge in [-0.15, -0.1) is 0 Å². The summed E-state index contributed by atoms with van der Waals surface area (Å²) in [4.78, 5) is 0. The Morgan fingerprint density at radius 2 is 1.81 bits per heavy atom. The molecule has 1 aromatic carbocycles. The molecule has 0 atom stereocenters. The number of benzene rings is 1. The van der Waals surface area contributed by atoms with Gasteiger partial charge in [-0.1, -0.05) is 37.1 Å². The van der Waals surface area contributed by atoms with Gasteiger partial charge in [-0.05, 0) is 49.1 Å². The molecule has 0 radical (unpaired) electrons. The molecule has 86 valence electrons. The molecule has 2 saturated carbocycles. The Morgan fingerprint density at radius 3 is 2.50 bits per heavy atom. The lowest BCUT2D eigenvalue weighted by Crippen LogP contribution is -2.25. The van der Waals surface area contributed by atoms with Crippen molar-refractivity contribution in [2.75, 3.05) is 0 Å². The number of hydrogen-bond donors (Lipinski definition) is 1. The molecule has 0 aromatic heterocycles. The fraction of sp³-hybridized carbons (Fsp3) is 0.600. The minimum Gasteiger partial charge on any atom is -0.325 e. The molecule has 1 heteroatoms. The molecule has 2 fully saturated rings. The van der Waals surface area contributed by atoms with Crippen LogP contribution in [0.3, 0.4) is 0 Å². The van der Waals surface area contributed by atoms with Gasteiger partial charge in [0.25, 0.3) is 0 Å². The van der Waals surface area contributed by atoms with E-state index in [1.165, 1.54) is 44.1 Å². The van der Waals surface area contributed by atoms with Crippen LogP contribution in [0.15, 0.2) is 24.3 Å². The average Bonchev–Trinajstić information content (AvgIpc) is 2.83. The Labute approximate surface area is 98.0 Å². The SMILES string of the molecule is NC1(Cc2ccccc2C2CCCC2)CC1. The molecule has 0 unspecified atom stereocenters. The predicted molar refractivity (Wildman–Crippen MR) is 67.5 cm³/mol. The van der Waals surface area contributed by atoms with Gasteiger partial charge in [0, 0.05) is 5.54 Å². The van der Waals surface area contributed by atoms with Gasteiger partial charge in [-0.25, -0.2) is 0 Å². The van der Waals surface area contributed by atoms with Gasteiger partial charge in [0.15, 0.2) is 0 Å². The second-order valence-electron chi connectivity index (χ2n) is 5.72. The third kappa shape index (κ3) is 2.01. The van der Waals surface area contributed by atoms with Crippen LogP contribution in [0.5, 0.6) is 0 Å². The molecule has 1 nitrogen and oxygen atoms in total. The minimum atomic E-state index is 0.148. The first-order valence-corrected chi connectivity index (χ1v) is 6.64. The first kappa shape index (κ1) is 10.3. The molecule has 0 amide bonds. The highest BCUT2D eigenvalue weighted by Crippen LogP contribution is 2.40. The highest BCUT2D eigenvalue weighted by atomic mass is 14.8. The minimum absolute atomic E-state index is 0.148. The molecule has 3 rings (SSSR count). The van der Waals surface area contributed by atoms with Gasteiger partial charge in [-0.3, -0.25) is 0 Å². The monoisotopic (exact) mass is 215 g/mol. The Balaban J connectivity index is 1.85. The van der Waals surface area contributed by atoms with Crippen LogP contribution in [0.1, 0.15) is 55.6 Å². The molecule has 0 heterocycles. The normalized spacial score (nSPS) is 23.6. The van der Waals surface area contributed by atoms with E-state index in [0.29, 0.717) is 0 Å². The van der Waals surface area contributed by atoms with Gasteiger partial charge in [0.1, 0.15) is 0 Å². The Morgan fingerprint density at radius 1 is 1.12 bits per heavy atom. The van der Waals surface area contributed by atoms with Crippen LogP contribution in [0.2, 0.25) is 0 Å². The van der Waals surface area contributed by atoms with Crippen LogP contribution >= 0.6 is 0 Å². The van der Waals surface area contributed by atoms with Gasteiger partial charge in [-0.2, -0.15) is 0 Å². The lowest BCUT2D eigenvalue weighted by molar-refractivity contribution is 0.648. The largest absolute Gasteiger partial charge is 0.325 e. The van der Waals surface area contributed by atoms with Gasteiger partial charge < -0.3 is 5.73 Å². The fourth-order valence-electron chi connectivity index (χ4n) is 3.05. The van der Waals surface area contributed by atoms with Crippen LogP contribution in [0.25, 0.3) is 0 Å². The van der Waals surface area contributed by atoms with Crippen LogP contribution in [-0.4, -0.2) is 5.54 Å². The zero-order valence-electron chi connectivity index (χ0n) is 9.91. The Kier molecular flexibility index (Phi) is 2.51. The highest BCUT2D eigenvalue weighted by Gasteiger charge is 2.38. The molecule has 0 bridgehead atoms. The second-order valence-corrected chi connectivity index (χ2v) is 5.72. The summed E-state index contributed by atoms with van der Waals surface area (Å²) in [6.07, 6.45) is 9.11. The van der Waals surface area contributed by atoms with Crippen molar-refractivity contribution in [3.8, 4) is 0 Å². The maximum absolute atomic E-state index is 6.25. The Hall–Kier alpha value is -0.820. The van der Waals surface area contributed by atoms with E-state index in [0.717, 1.165) is 12.3 Å². The standard InChI is InChI=1S/C15H21N/c16-15(9-10-15)11-13-7-3-4-8-14(13)12-5-1-2-6-12/h3-4,7-8,12H,1-2,5-6,9-11,16H2. The van der Waals surface area contributed by atoms with Crippen molar-refractivity contribution >= 4 is 0 Å². The topological polar surface area (TPSA) is 26.0 Å². The van der Waals surface area contributed by atoms with Crippen LogP contribution in [-0.2, 0) is 6.42 Å². The molecule has 1 aromatic rings. The molecular weight excluding hydrogens is 194 g/mol. The zero-order valence-corrected chi connectivity index (χ0v) is 9.91. The van der Waals surface area contributed by atoms with Gasteiger partial charge in [0.2, 0.25) is 0 Å². The van der Waals surface area contributed by atoms with E-state index in [9.17, 15) is 0 Å². The summed E-state index contributed by atoms with van der Waals surface area (Å²) >= 11 is 0. The summed E-state index contributed by atoms with van der Waals surface area (Å²) in [6, 6.07) is 8.98. The summed E-state index contributed by atoms with van der Waals surface area (Å²) in [6.45, 7) is 0. The van der Waals surface area contributed by atoms with Crippen molar-refractivity contribution in [3.05, 3.63) is 35.4 Å². The lowest BCUT2D eigenvalue weighted by atomic mass is 9.89. The summed E-state index contributed by atoms with van der Waals surface area (Å²) < 4.78 is 0. The van der Waals surface area contributed by atoms with E-state index >= 15 is 0 Å². The highest BCUT2D eigenvalue weighted by molar-refractivity contribution is 5.33. The second kappa shape index (κ2) is 3.89. The third-order valence-corrected chi connectivity index (χ3v) is 4.28. The Bertz CT molecular complexity index is 373. The van der Waals surface area contributed by atoms with E-state index in [1.54, 1.807) is 5.56 Å². The van der Waals surface area contributed by atoms with Crippen molar-refractivity contribution in [3.63, 3.8) is 0 Å². The van der Waals surface area contributed by atoms with E-state index in [2.05, 4.69) is 24.3 Å². The summed E-state index contributed by atoms with van der Waals surface area (Å²) in [5, 5.41) is 0. The van der Waals surface area contributed by atoms with E-state index in [-0.39, 0.29) is 5.54 Å². The van der Waals surface area contributed by atoms with Crippen LogP contribution < -0.4 is 5.73 Å². The molecule has 2 N–H and O–H groups in total. The van der Waals surface area contributed by atoms with Crippen LogP contribution in [0.4, 0.5) is 0 Å². The van der Waals surface area contributed by atoms with E-state index in [4.69, 9.17) is 5.73 Å². The van der Waals surface area contributed by atoms with E-state index < -0.39 is 0 Å². The summed E-state index contributed by atoms with van der Waals surface area (Å²) in [5.41, 5.74) is 9.51. The average molecular weight is 215 g/mol. The number of hydrogen-bond acceptors (Lipinski definition) is 1. The fourth-order valence-corrected chi connectivity index (χ4v) is 3.05. The van der Waals surface area contributed by atoms with E-state index in [1.807, 2.05) is 0 Å². The van der Waals surface area contributed by atoms with Crippen molar-refractivity contribution in [1.29, 1.82) is 0 Å². The van der Waals surface area contributed by atoms with Crippen molar-refractivity contribution < 1.29 is 0 Å². The molecule has 0 saturated heterocycles. The first-order chi connectivity index (χ1) is 7.77. The van der Waals surface area contributed by atoms with Crippen LogP contribution in [0, 0.1) is 0 Å². The quantitative estimate of drug-likeness (QED) is 0.822. The maximum atomic E-state index is 6.25. The van der Waals surface area contributed by atoms with Crippen molar-refractivity contribution in [2.24, 2.45) is 5.73 Å². The van der Waals surface area contributed by atoms with Gasteiger partial charge in [0.05, 0.1) is 0 Å². The molecular formula is C15H21N. The zero-order chi connectivity index (χ0) is 11.0. The summed E-state index contributed by atoms with van der Waals surface area (Å²) in [5.74, 6) is 0.818. The third-order valence-electron chi connectivity index (χ3n) is 4.28. The predicted octanol–water partition coefficient (Wildman–Crippen LogP) is 3.38. The number of rotatable bonds is 3. The molecule has 2 aliphatic carbocycles. The molecule has 16 heavy (non-hydrogen) atoms. The smallest absolute Gasteiger partial charge is 0.0196 e.